The SMILES string of the molecule is Cc1c(C(=O)NCc2ccccc2CN2CCCC2)nnn1C1CCNCC1. The fourth-order valence-corrected chi connectivity index (χ4v) is 4.27. The third-order valence-electron chi connectivity index (χ3n) is 5.95. The molecule has 7 nitrogen and oxygen atoms in total. The maximum atomic E-state index is 12.7. The van der Waals surface area contributed by atoms with Crippen LogP contribution in [0.25, 0.3) is 0 Å². The maximum Gasteiger partial charge on any atom is 0.274 e. The standard InChI is InChI=1S/C21H30N6O/c1-16-20(24-25-27(16)19-8-10-22-11-9-19)21(28)23-14-17-6-2-3-7-18(17)15-26-12-4-5-13-26/h2-3,6-7,19,22H,4-5,8-15H2,1H3,(H,23,28). The largest absolute Gasteiger partial charge is 0.346 e. The highest BCUT2D eigenvalue weighted by Gasteiger charge is 2.23. The van der Waals surface area contributed by atoms with Crippen LogP contribution in [0, 0.1) is 6.92 Å². The number of nitrogens with one attached hydrogen (secondary N) is 2. The number of carbonyl (C=O) groups is 1. The highest BCUT2D eigenvalue weighted by molar-refractivity contribution is 5.93. The van der Waals surface area contributed by atoms with Crippen molar-refractivity contribution in [2.45, 2.75) is 51.7 Å². The van der Waals surface area contributed by atoms with E-state index in [0.29, 0.717) is 18.3 Å². The summed E-state index contributed by atoms with van der Waals surface area (Å²) in [6.07, 6.45) is 4.61. The van der Waals surface area contributed by atoms with Crippen LogP contribution in [0.4, 0.5) is 0 Å². The normalized spacial score (nSPS) is 18.5. The molecule has 0 aliphatic carbocycles. The Hall–Kier alpha value is -2.25. The molecule has 3 heterocycles. The Morgan fingerprint density at radius 1 is 1.18 bits per heavy atom. The molecular weight excluding hydrogens is 352 g/mol. The van der Waals surface area contributed by atoms with Crippen molar-refractivity contribution >= 4 is 5.91 Å². The van der Waals surface area contributed by atoms with Crippen LogP contribution < -0.4 is 10.6 Å². The van der Waals surface area contributed by atoms with Gasteiger partial charge in [-0.25, -0.2) is 4.68 Å². The lowest BCUT2D eigenvalue weighted by molar-refractivity contribution is 0.0945. The van der Waals surface area contributed by atoms with Gasteiger partial charge in [0.25, 0.3) is 5.91 Å². The summed E-state index contributed by atoms with van der Waals surface area (Å²) in [5.41, 5.74) is 3.76. The third-order valence-corrected chi connectivity index (χ3v) is 5.95. The number of rotatable bonds is 6. The summed E-state index contributed by atoms with van der Waals surface area (Å²) < 4.78 is 1.93. The van der Waals surface area contributed by atoms with E-state index in [-0.39, 0.29) is 5.91 Å². The van der Waals surface area contributed by atoms with Gasteiger partial charge in [0.2, 0.25) is 0 Å². The average molecular weight is 383 g/mol. The predicted molar refractivity (Wildman–Crippen MR) is 108 cm³/mol. The molecule has 0 unspecified atom stereocenters. The number of amides is 1. The summed E-state index contributed by atoms with van der Waals surface area (Å²) >= 11 is 0. The molecule has 2 N–H and O–H groups in total. The van der Waals surface area contributed by atoms with E-state index >= 15 is 0 Å². The van der Waals surface area contributed by atoms with Gasteiger partial charge in [0, 0.05) is 13.1 Å². The first-order chi connectivity index (χ1) is 13.7. The van der Waals surface area contributed by atoms with Gasteiger partial charge in [-0.3, -0.25) is 9.69 Å². The van der Waals surface area contributed by atoms with Crippen molar-refractivity contribution in [3.05, 3.63) is 46.8 Å². The molecule has 0 saturated carbocycles. The van der Waals surface area contributed by atoms with E-state index in [4.69, 9.17) is 0 Å². The van der Waals surface area contributed by atoms with Gasteiger partial charge in [0.15, 0.2) is 5.69 Å². The zero-order valence-electron chi connectivity index (χ0n) is 16.7. The minimum Gasteiger partial charge on any atom is -0.346 e. The van der Waals surface area contributed by atoms with E-state index in [1.54, 1.807) is 0 Å². The second-order valence-corrected chi connectivity index (χ2v) is 7.88. The molecule has 0 spiro atoms. The first kappa shape index (κ1) is 19.1. The Morgan fingerprint density at radius 2 is 1.89 bits per heavy atom. The maximum absolute atomic E-state index is 12.7. The number of hydrogen-bond acceptors (Lipinski definition) is 5. The molecule has 1 aromatic carbocycles. The number of aromatic nitrogens is 3. The fourth-order valence-electron chi connectivity index (χ4n) is 4.27. The molecule has 4 rings (SSSR count). The summed E-state index contributed by atoms with van der Waals surface area (Å²) in [7, 11) is 0. The van der Waals surface area contributed by atoms with Crippen molar-refractivity contribution < 1.29 is 4.79 Å². The van der Waals surface area contributed by atoms with Crippen LogP contribution in [0.15, 0.2) is 24.3 Å². The van der Waals surface area contributed by atoms with Crippen LogP contribution in [0.5, 0.6) is 0 Å². The van der Waals surface area contributed by atoms with E-state index in [1.165, 1.54) is 37.1 Å². The predicted octanol–water partition coefficient (Wildman–Crippen LogP) is 2.04. The minimum atomic E-state index is -0.145. The quantitative estimate of drug-likeness (QED) is 0.800. The lowest BCUT2D eigenvalue weighted by atomic mass is 10.1. The van der Waals surface area contributed by atoms with E-state index in [2.05, 4.69) is 44.0 Å². The summed E-state index contributed by atoms with van der Waals surface area (Å²) in [5.74, 6) is -0.145. The van der Waals surface area contributed by atoms with Gasteiger partial charge in [-0.05, 0) is 69.9 Å². The van der Waals surface area contributed by atoms with Gasteiger partial charge in [-0.2, -0.15) is 0 Å². The zero-order chi connectivity index (χ0) is 19.3. The van der Waals surface area contributed by atoms with Crippen LogP contribution in [0.2, 0.25) is 0 Å². The fraction of sp³-hybridized carbons (Fsp3) is 0.571. The van der Waals surface area contributed by atoms with Crippen LogP contribution in [0.3, 0.4) is 0 Å². The summed E-state index contributed by atoms with van der Waals surface area (Å²) in [6, 6.07) is 8.71. The van der Waals surface area contributed by atoms with E-state index in [0.717, 1.165) is 38.2 Å². The molecule has 2 aromatic rings. The van der Waals surface area contributed by atoms with Crippen LogP contribution in [-0.2, 0) is 13.1 Å². The first-order valence-corrected chi connectivity index (χ1v) is 10.4. The van der Waals surface area contributed by atoms with E-state index in [1.807, 2.05) is 17.7 Å². The Morgan fingerprint density at radius 3 is 2.64 bits per heavy atom. The highest BCUT2D eigenvalue weighted by Crippen LogP contribution is 2.20. The molecule has 150 valence electrons. The van der Waals surface area contributed by atoms with Gasteiger partial charge in [-0.15, -0.1) is 5.10 Å². The average Bonchev–Trinajstić information content (AvgIpc) is 3.37. The second kappa shape index (κ2) is 8.84. The van der Waals surface area contributed by atoms with Crippen molar-refractivity contribution in [3.63, 3.8) is 0 Å². The molecule has 1 aromatic heterocycles. The van der Waals surface area contributed by atoms with Crippen molar-refractivity contribution in [2.75, 3.05) is 26.2 Å². The molecular formula is C21H30N6O. The molecule has 1 amide bonds. The zero-order valence-corrected chi connectivity index (χ0v) is 16.7. The minimum absolute atomic E-state index is 0.145. The molecule has 2 aliphatic rings. The monoisotopic (exact) mass is 382 g/mol. The molecule has 0 atom stereocenters. The van der Waals surface area contributed by atoms with Crippen molar-refractivity contribution in [1.82, 2.24) is 30.5 Å². The van der Waals surface area contributed by atoms with Crippen molar-refractivity contribution in [3.8, 4) is 0 Å². The van der Waals surface area contributed by atoms with Crippen LogP contribution >= 0.6 is 0 Å². The highest BCUT2D eigenvalue weighted by atomic mass is 16.2. The molecule has 2 saturated heterocycles. The van der Waals surface area contributed by atoms with Gasteiger partial charge >= 0.3 is 0 Å². The molecule has 7 heteroatoms. The van der Waals surface area contributed by atoms with Gasteiger partial charge in [0.1, 0.15) is 0 Å². The number of likely N-dealkylation sites (tertiary alicyclic amines) is 1. The van der Waals surface area contributed by atoms with Crippen molar-refractivity contribution in [1.29, 1.82) is 0 Å². The Kier molecular flexibility index (Phi) is 6.02. The van der Waals surface area contributed by atoms with Gasteiger partial charge in [0.05, 0.1) is 11.7 Å². The second-order valence-electron chi connectivity index (χ2n) is 7.88. The molecule has 0 bridgehead atoms. The van der Waals surface area contributed by atoms with E-state index < -0.39 is 0 Å². The lowest BCUT2D eigenvalue weighted by Crippen LogP contribution is -2.30. The lowest BCUT2D eigenvalue weighted by Gasteiger charge is -2.23. The third kappa shape index (κ3) is 4.25. The van der Waals surface area contributed by atoms with Crippen LogP contribution in [-0.4, -0.2) is 52.0 Å². The summed E-state index contributed by atoms with van der Waals surface area (Å²) in [6.45, 7) is 7.72. The molecule has 0 radical (unpaired) electrons. The number of benzene rings is 1. The molecule has 28 heavy (non-hydrogen) atoms. The number of nitrogens with zero attached hydrogens (tertiary/aromatic N) is 4. The van der Waals surface area contributed by atoms with Crippen LogP contribution in [0.1, 0.15) is 59.0 Å². The van der Waals surface area contributed by atoms with Crippen molar-refractivity contribution in [2.24, 2.45) is 0 Å². The summed E-state index contributed by atoms with van der Waals surface area (Å²) in [4.78, 5) is 15.2. The molecule has 2 aliphatic heterocycles. The smallest absolute Gasteiger partial charge is 0.274 e. The van der Waals surface area contributed by atoms with Gasteiger partial charge < -0.3 is 10.6 Å². The Balaban J connectivity index is 1.40. The number of carbonyl (C=O) groups excluding carboxylic acids is 1. The summed E-state index contributed by atoms with van der Waals surface area (Å²) in [5, 5.41) is 14.9. The number of piperidine rings is 1. The molecule has 2 fully saturated rings. The first-order valence-electron chi connectivity index (χ1n) is 10.4. The number of hydrogen-bond donors (Lipinski definition) is 2. The van der Waals surface area contributed by atoms with Gasteiger partial charge in [-0.1, -0.05) is 29.5 Å². The Bertz CT molecular complexity index is 805. The topological polar surface area (TPSA) is 75.1 Å². The van der Waals surface area contributed by atoms with E-state index in [9.17, 15) is 4.79 Å². The Labute approximate surface area is 166 Å².